The standard InChI is InChI=1S/C31H37NO10S/c1-17(30(35)36)8-22(33)28-13-19-10-25(24(40-4)14-27(19)43-28)41-6-5-7-42-26-12-21-16-32(15-20(21)11-23(26)39-3)29(34)9-18(2)31(37)38/h10-14,17-18,23,26H,5-9,15-16H2,1-4H3,(H,35,36)(H,37,38)/t17-,18-,23?,26?/m0/s1. The number of rotatable bonds is 15. The summed E-state index contributed by atoms with van der Waals surface area (Å²) >= 11 is 1.29. The van der Waals surface area contributed by atoms with E-state index in [0.717, 1.165) is 21.2 Å². The number of carboxylic acid groups (broad SMARTS) is 2. The molecule has 1 fully saturated rings. The van der Waals surface area contributed by atoms with Crippen LogP contribution in [0.4, 0.5) is 0 Å². The van der Waals surface area contributed by atoms with Gasteiger partial charge in [0, 0.05) is 50.2 Å². The van der Waals surface area contributed by atoms with Crippen molar-refractivity contribution < 1.29 is 48.3 Å². The first-order valence-corrected chi connectivity index (χ1v) is 14.9. The summed E-state index contributed by atoms with van der Waals surface area (Å²) in [6.45, 7) is 4.61. The first-order chi connectivity index (χ1) is 20.5. The van der Waals surface area contributed by atoms with E-state index in [4.69, 9.17) is 29.2 Å². The van der Waals surface area contributed by atoms with Crippen LogP contribution in [-0.4, -0.2) is 91.5 Å². The van der Waals surface area contributed by atoms with Crippen molar-refractivity contribution in [2.24, 2.45) is 11.8 Å². The summed E-state index contributed by atoms with van der Waals surface area (Å²) in [5, 5.41) is 19.0. The number of ketones is 1. The Hall–Kier alpha value is -3.74. The Bertz CT molecular complexity index is 1440. The van der Waals surface area contributed by atoms with E-state index in [1.54, 1.807) is 25.2 Å². The van der Waals surface area contributed by atoms with Crippen molar-refractivity contribution in [1.29, 1.82) is 0 Å². The van der Waals surface area contributed by atoms with Gasteiger partial charge in [-0.2, -0.15) is 0 Å². The highest BCUT2D eigenvalue weighted by Crippen LogP contribution is 2.37. The van der Waals surface area contributed by atoms with Crippen LogP contribution < -0.4 is 9.47 Å². The number of thiophene rings is 1. The Balaban J connectivity index is 1.31. The summed E-state index contributed by atoms with van der Waals surface area (Å²) in [5.74, 6) is -2.84. The molecule has 4 atom stereocenters. The maximum absolute atomic E-state index is 12.6. The highest BCUT2D eigenvalue weighted by Gasteiger charge is 2.33. The number of hydrogen-bond donors (Lipinski definition) is 2. The average Bonchev–Trinajstić information content (AvgIpc) is 3.59. The molecule has 0 saturated carbocycles. The van der Waals surface area contributed by atoms with Crippen LogP contribution in [0.5, 0.6) is 11.5 Å². The van der Waals surface area contributed by atoms with Crippen molar-refractivity contribution in [2.75, 3.05) is 40.5 Å². The Kier molecular flexibility index (Phi) is 10.6. The van der Waals surface area contributed by atoms with E-state index < -0.39 is 23.8 Å². The molecule has 2 unspecified atom stereocenters. The van der Waals surface area contributed by atoms with E-state index in [9.17, 15) is 19.2 Å². The van der Waals surface area contributed by atoms with Gasteiger partial charge in [0.2, 0.25) is 5.91 Å². The molecular formula is C31H37NO10S. The topological polar surface area (TPSA) is 149 Å². The van der Waals surface area contributed by atoms with E-state index in [-0.39, 0.29) is 36.7 Å². The zero-order valence-corrected chi connectivity index (χ0v) is 25.5. The van der Waals surface area contributed by atoms with Gasteiger partial charge in [0.05, 0.1) is 37.0 Å². The number of aliphatic carboxylic acids is 2. The largest absolute Gasteiger partial charge is 0.493 e. The number of fused-ring (bicyclic) bond motifs is 2. The van der Waals surface area contributed by atoms with E-state index in [1.807, 2.05) is 24.3 Å². The minimum Gasteiger partial charge on any atom is -0.493 e. The predicted molar refractivity (Wildman–Crippen MR) is 159 cm³/mol. The number of methoxy groups -OCH3 is 2. The lowest BCUT2D eigenvalue weighted by atomic mass is 9.96. The van der Waals surface area contributed by atoms with Crippen LogP contribution in [0.1, 0.15) is 42.8 Å². The Morgan fingerprint density at radius 3 is 2.19 bits per heavy atom. The molecule has 12 heteroatoms. The van der Waals surface area contributed by atoms with Gasteiger partial charge in [0.1, 0.15) is 12.2 Å². The van der Waals surface area contributed by atoms with Gasteiger partial charge in [-0.25, -0.2) is 0 Å². The summed E-state index contributed by atoms with van der Waals surface area (Å²) < 4.78 is 24.1. The molecule has 11 nitrogen and oxygen atoms in total. The number of hydrogen-bond acceptors (Lipinski definition) is 9. The van der Waals surface area contributed by atoms with Crippen molar-refractivity contribution in [3.05, 3.63) is 46.4 Å². The molecule has 0 radical (unpaired) electrons. The van der Waals surface area contributed by atoms with E-state index >= 15 is 0 Å². The zero-order chi connectivity index (χ0) is 31.3. The summed E-state index contributed by atoms with van der Waals surface area (Å²) in [6, 6.07) is 5.37. The first-order valence-electron chi connectivity index (χ1n) is 14.1. The predicted octanol–water partition coefficient (Wildman–Crippen LogP) is 4.19. The van der Waals surface area contributed by atoms with Gasteiger partial charge in [-0.1, -0.05) is 13.8 Å². The van der Waals surface area contributed by atoms with Crippen LogP contribution in [0.2, 0.25) is 0 Å². The highest BCUT2D eigenvalue weighted by atomic mass is 32.1. The monoisotopic (exact) mass is 615 g/mol. The normalized spacial score (nSPS) is 19.3. The molecule has 0 bridgehead atoms. The maximum atomic E-state index is 12.6. The summed E-state index contributed by atoms with van der Waals surface area (Å²) in [7, 11) is 3.14. The van der Waals surface area contributed by atoms with Crippen LogP contribution in [-0.2, 0) is 23.9 Å². The third-order valence-electron chi connectivity index (χ3n) is 7.56. The molecule has 1 amide bonds. The first kappa shape index (κ1) is 32.2. The smallest absolute Gasteiger partial charge is 0.306 e. The molecule has 232 valence electrons. The summed E-state index contributed by atoms with van der Waals surface area (Å²) in [5.41, 5.74) is 1.97. The van der Waals surface area contributed by atoms with E-state index in [2.05, 4.69) is 0 Å². The van der Waals surface area contributed by atoms with Crippen LogP contribution in [0, 0.1) is 11.8 Å². The number of Topliss-reactive ketones (excluding diaryl/α,β-unsaturated/α-hetero) is 1. The molecule has 2 heterocycles. The number of nitrogens with zero attached hydrogens (tertiary/aromatic N) is 1. The number of likely N-dealkylation sites (tertiary alicyclic amines) is 1. The third kappa shape index (κ3) is 7.81. The molecule has 1 aromatic carbocycles. The molecule has 4 rings (SSSR count). The summed E-state index contributed by atoms with van der Waals surface area (Å²) in [6.07, 6.45) is 3.75. The fourth-order valence-corrected chi connectivity index (χ4v) is 5.98. The van der Waals surface area contributed by atoms with Crippen LogP contribution >= 0.6 is 11.3 Å². The van der Waals surface area contributed by atoms with Gasteiger partial charge in [0.15, 0.2) is 17.3 Å². The second-order valence-corrected chi connectivity index (χ2v) is 11.9. The molecule has 1 aliphatic heterocycles. The Labute approximate surface area is 253 Å². The van der Waals surface area contributed by atoms with Crippen LogP contribution in [0.15, 0.2) is 41.5 Å². The second kappa shape index (κ2) is 14.2. The fraction of sp³-hybridized carbons (Fsp3) is 0.484. The molecule has 1 aliphatic carbocycles. The molecule has 1 saturated heterocycles. The zero-order valence-electron chi connectivity index (χ0n) is 24.7. The van der Waals surface area contributed by atoms with Gasteiger partial charge in [-0.15, -0.1) is 11.3 Å². The number of carbonyl (C=O) groups excluding carboxylic acids is 2. The lowest BCUT2D eigenvalue weighted by Gasteiger charge is -2.26. The van der Waals surface area contributed by atoms with Crippen molar-refractivity contribution in [2.45, 2.75) is 45.3 Å². The third-order valence-corrected chi connectivity index (χ3v) is 8.70. The molecule has 2 aliphatic rings. The van der Waals surface area contributed by atoms with Gasteiger partial charge in [-0.3, -0.25) is 19.2 Å². The number of benzene rings is 1. The lowest BCUT2D eigenvalue weighted by Crippen LogP contribution is -2.31. The second-order valence-electron chi connectivity index (χ2n) is 10.8. The van der Waals surface area contributed by atoms with Crippen molar-refractivity contribution >= 4 is 45.1 Å². The van der Waals surface area contributed by atoms with E-state index in [0.29, 0.717) is 49.1 Å². The van der Waals surface area contributed by atoms with Gasteiger partial charge in [-0.05, 0) is 40.8 Å². The minimum atomic E-state index is -1.00. The molecule has 2 N–H and O–H groups in total. The Morgan fingerprint density at radius 1 is 0.907 bits per heavy atom. The van der Waals surface area contributed by atoms with E-state index in [1.165, 1.54) is 25.2 Å². The van der Waals surface area contributed by atoms with Crippen molar-refractivity contribution in [3.8, 4) is 11.5 Å². The van der Waals surface area contributed by atoms with Gasteiger partial charge >= 0.3 is 11.9 Å². The van der Waals surface area contributed by atoms with Crippen LogP contribution in [0.25, 0.3) is 10.1 Å². The fourth-order valence-electron chi connectivity index (χ4n) is 4.96. The van der Waals surface area contributed by atoms with Crippen molar-refractivity contribution in [3.63, 3.8) is 0 Å². The quantitative estimate of drug-likeness (QED) is 0.221. The maximum Gasteiger partial charge on any atom is 0.306 e. The molecule has 43 heavy (non-hydrogen) atoms. The number of carboxylic acids is 2. The number of carbonyl (C=O) groups is 4. The molecular weight excluding hydrogens is 578 g/mol. The summed E-state index contributed by atoms with van der Waals surface area (Å²) in [4.78, 5) is 49.6. The van der Waals surface area contributed by atoms with Crippen molar-refractivity contribution in [1.82, 2.24) is 4.90 Å². The highest BCUT2D eigenvalue weighted by molar-refractivity contribution is 7.20. The molecule has 1 aromatic heterocycles. The van der Waals surface area contributed by atoms with Gasteiger partial charge < -0.3 is 34.1 Å². The number of amides is 1. The SMILES string of the molecule is COc1cc2sc(C(=O)C[C@H](C)C(=O)O)cc2cc1OCCCOC1C=C2CN(C(=O)C[C@H](C)C(=O)O)CC2=CC1OC. The molecule has 2 aromatic rings. The van der Waals surface area contributed by atoms with Gasteiger partial charge in [0.25, 0.3) is 0 Å². The lowest BCUT2D eigenvalue weighted by molar-refractivity contribution is -0.145. The Morgan fingerprint density at radius 2 is 1.56 bits per heavy atom. The molecule has 0 spiro atoms. The average molecular weight is 616 g/mol. The minimum absolute atomic E-state index is 0.0426. The number of ether oxygens (including phenoxy) is 4. The van der Waals surface area contributed by atoms with Crippen LogP contribution in [0.3, 0.4) is 0 Å².